The van der Waals surface area contributed by atoms with Crippen LogP contribution in [0.25, 0.3) is 0 Å². The highest BCUT2D eigenvalue weighted by Crippen LogP contribution is 2.32. The minimum atomic E-state index is -4.37. The van der Waals surface area contributed by atoms with Crippen LogP contribution in [0.4, 0.5) is 13.2 Å². The van der Waals surface area contributed by atoms with Crippen molar-refractivity contribution in [2.24, 2.45) is 11.7 Å². The van der Waals surface area contributed by atoms with Gasteiger partial charge in [0.2, 0.25) is 10.0 Å². The molecule has 1 aliphatic heterocycles. The smallest absolute Gasteiger partial charge is 0.249 e. The van der Waals surface area contributed by atoms with Crippen molar-refractivity contribution in [1.29, 1.82) is 0 Å². The molecule has 2 unspecified atom stereocenters. The molecule has 0 radical (unpaired) electrons. The molecule has 4 nitrogen and oxygen atoms in total. The average Bonchev–Trinajstić information content (AvgIpc) is 2.69. The first kappa shape index (κ1) is 15.3. The summed E-state index contributed by atoms with van der Waals surface area (Å²) in [6.07, 6.45) is 0.561. The Kier molecular flexibility index (Phi) is 4.08. The summed E-state index contributed by atoms with van der Waals surface area (Å²) < 4.78 is 66.0. The first-order valence-electron chi connectivity index (χ1n) is 6.15. The molecule has 0 aromatic heterocycles. The summed E-state index contributed by atoms with van der Waals surface area (Å²) in [4.78, 5) is -1.12. The van der Waals surface area contributed by atoms with Crippen molar-refractivity contribution in [3.05, 3.63) is 29.6 Å². The summed E-state index contributed by atoms with van der Waals surface area (Å²) in [6, 6.07) is 0.198. The van der Waals surface area contributed by atoms with E-state index in [-0.39, 0.29) is 19.0 Å². The van der Waals surface area contributed by atoms with Crippen molar-refractivity contribution in [3.8, 4) is 0 Å². The van der Waals surface area contributed by atoms with Gasteiger partial charge in [-0.3, -0.25) is 0 Å². The maximum Gasteiger partial charge on any atom is 0.249 e. The van der Waals surface area contributed by atoms with Crippen molar-refractivity contribution in [1.82, 2.24) is 4.31 Å². The quantitative estimate of drug-likeness (QED) is 0.919. The van der Waals surface area contributed by atoms with Gasteiger partial charge in [-0.25, -0.2) is 21.6 Å². The minimum absolute atomic E-state index is 0.00125. The molecule has 2 atom stereocenters. The molecule has 1 aromatic carbocycles. The van der Waals surface area contributed by atoms with Crippen molar-refractivity contribution < 1.29 is 21.6 Å². The second-order valence-corrected chi connectivity index (χ2v) is 6.71. The molecule has 0 amide bonds. The predicted molar refractivity (Wildman–Crippen MR) is 66.8 cm³/mol. The Balaban J connectivity index is 2.51. The summed E-state index contributed by atoms with van der Waals surface area (Å²) >= 11 is 0. The Morgan fingerprint density at radius 1 is 1.30 bits per heavy atom. The zero-order valence-electron chi connectivity index (χ0n) is 10.8. The first-order valence-corrected chi connectivity index (χ1v) is 7.59. The molecule has 1 saturated heterocycles. The molecule has 0 spiro atoms. The monoisotopic (exact) mass is 308 g/mol. The van der Waals surface area contributed by atoms with E-state index in [1.165, 1.54) is 0 Å². The first-order chi connectivity index (χ1) is 9.28. The maximum atomic E-state index is 13.7. The molecule has 0 aliphatic carbocycles. The Hall–Kier alpha value is -1.12. The molecule has 2 N–H and O–H groups in total. The van der Waals surface area contributed by atoms with Crippen LogP contribution in [0.1, 0.15) is 13.3 Å². The van der Waals surface area contributed by atoms with Crippen molar-refractivity contribution in [3.63, 3.8) is 0 Å². The highest BCUT2D eigenvalue weighted by molar-refractivity contribution is 7.89. The molecule has 0 saturated carbocycles. The fraction of sp³-hybridized carbons (Fsp3) is 0.500. The summed E-state index contributed by atoms with van der Waals surface area (Å²) in [6.45, 7) is 2.02. The van der Waals surface area contributed by atoms with Gasteiger partial charge in [-0.15, -0.1) is 0 Å². The molecule has 1 heterocycles. The Bertz CT molecular complexity index is 598. The maximum absolute atomic E-state index is 13.7. The van der Waals surface area contributed by atoms with E-state index in [2.05, 4.69) is 0 Å². The van der Waals surface area contributed by atoms with Gasteiger partial charge < -0.3 is 5.73 Å². The molecule has 0 bridgehead atoms. The van der Waals surface area contributed by atoms with Gasteiger partial charge in [0.25, 0.3) is 0 Å². The fourth-order valence-electron chi connectivity index (χ4n) is 2.51. The van der Waals surface area contributed by atoms with Gasteiger partial charge in [-0.05, 0) is 12.3 Å². The van der Waals surface area contributed by atoms with Crippen LogP contribution in [-0.4, -0.2) is 31.9 Å². The predicted octanol–water partition coefficient (Wildman–Crippen LogP) is 1.46. The van der Waals surface area contributed by atoms with E-state index in [4.69, 9.17) is 5.73 Å². The van der Waals surface area contributed by atoms with Crippen LogP contribution >= 0.6 is 0 Å². The lowest BCUT2D eigenvalue weighted by molar-refractivity contribution is 0.350. The number of hydrogen-bond acceptors (Lipinski definition) is 3. The van der Waals surface area contributed by atoms with Gasteiger partial charge in [0, 0.05) is 31.3 Å². The third-order valence-corrected chi connectivity index (χ3v) is 5.58. The molecule has 8 heteroatoms. The van der Waals surface area contributed by atoms with E-state index in [0.717, 1.165) is 4.31 Å². The summed E-state index contributed by atoms with van der Waals surface area (Å²) in [5.41, 5.74) is 5.54. The fourth-order valence-corrected chi connectivity index (χ4v) is 4.36. The number of benzene rings is 1. The molecule has 1 aliphatic rings. The number of sulfonamides is 1. The van der Waals surface area contributed by atoms with Gasteiger partial charge in [0.15, 0.2) is 4.90 Å². The molecule has 2 rings (SSSR count). The van der Waals surface area contributed by atoms with Crippen LogP contribution in [-0.2, 0) is 10.0 Å². The lowest BCUT2D eigenvalue weighted by Crippen LogP contribution is -2.42. The number of nitrogens with zero attached hydrogens (tertiary/aromatic N) is 1. The summed E-state index contributed by atoms with van der Waals surface area (Å²) in [5, 5.41) is 0. The SMILES string of the molecule is CC1CCN(S(=O)(=O)c2c(F)cc(F)cc2F)C1CN. The second kappa shape index (κ2) is 5.34. The molecule has 112 valence electrons. The third-order valence-electron chi connectivity index (χ3n) is 3.60. The molecule has 1 aromatic rings. The zero-order valence-corrected chi connectivity index (χ0v) is 11.6. The summed E-state index contributed by atoms with van der Waals surface area (Å²) in [7, 11) is -4.37. The number of rotatable bonds is 3. The van der Waals surface area contributed by atoms with Crippen LogP contribution in [0, 0.1) is 23.4 Å². The van der Waals surface area contributed by atoms with Gasteiger partial charge in [0.05, 0.1) is 0 Å². The number of halogens is 3. The van der Waals surface area contributed by atoms with Gasteiger partial charge in [-0.1, -0.05) is 6.92 Å². The highest BCUT2D eigenvalue weighted by Gasteiger charge is 2.41. The van der Waals surface area contributed by atoms with Crippen LogP contribution in [0.5, 0.6) is 0 Å². The topological polar surface area (TPSA) is 63.4 Å². The second-order valence-electron chi connectivity index (χ2n) is 4.88. The van der Waals surface area contributed by atoms with E-state index in [0.29, 0.717) is 18.6 Å². The van der Waals surface area contributed by atoms with Gasteiger partial charge in [-0.2, -0.15) is 4.31 Å². The van der Waals surface area contributed by atoms with E-state index in [9.17, 15) is 21.6 Å². The summed E-state index contributed by atoms with van der Waals surface area (Å²) in [5.74, 6) is -4.03. The van der Waals surface area contributed by atoms with Crippen LogP contribution < -0.4 is 5.73 Å². The standard InChI is InChI=1S/C12H15F3N2O2S/c1-7-2-3-17(11(7)6-16)20(18,19)12-9(14)4-8(13)5-10(12)15/h4-5,7,11H,2-3,6,16H2,1H3. The molecule has 1 fully saturated rings. The average molecular weight is 308 g/mol. The third kappa shape index (κ3) is 2.43. The largest absolute Gasteiger partial charge is 0.329 e. The Labute approximate surface area is 115 Å². The Morgan fingerprint density at radius 3 is 2.35 bits per heavy atom. The minimum Gasteiger partial charge on any atom is -0.329 e. The van der Waals surface area contributed by atoms with E-state index < -0.39 is 38.4 Å². The van der Waals surface area contributed by atoms with Crippen molar-refractivity contribution in [2.75, 3.05) is 13.1 Å². The molecule has 20 heavy (non-hydrogen) atoms. The lowest BCUT2D eigenvalue weighted by atomic mass is 10.0. The van der Waals surface area contributed by atoms with E-state index in [1.54, 1.807) is 0 Å². The highest BCUT2D eigenvalue weighted by atomic mass is 32.2. The molecular formula is C12H15F3N2O2S. The number of hydrogen-bond donors (Lipinski definition) is 1. The van der Waals surface area contributed by atoms with Gasteiger partial charge in [0.1, 0.15) is 17.5 Å². The van der Waals surface area contributed by atoms with Crippen LogP contribution in [0.3, 0.4) is 0 Å². The van der Waals surface area contributed by atoms with Crippen molar-refractivity contribution >= 4 is 10.0 Å². The zero-order chi connectivity index (χ0) is 15.1. The Morgan fingerprint density at radius 2 is 1.85 bits per heavy atom. The van der Waals surface area contributed by atoms with Gasteiger partial charge >= 0.3 is 0 Å². The van der Waals surface area contributed by atoms with Crippen LogP contribution in [0.15, 0.2) is 17.0 Å². The van der Waals surface area contributed by atoms with E-state index >= 15 is 0 Å². The van der Waals surface area contributed by atoms with E-state index in [1.807, 2.05) is 6.92 Å². The van der Waals surface area contributed by atoms with Crippen LogP contribution in [0.2, 0.25) is 0 Å². The number of nitrogens with two attached hydrogens (primary N) is 1. The van der Waals surface area contributed by atoms with Crippen molar-refractivity contribution in [2.45, 2.75) is 24.3 Å². The molecular weight excluding hydrogens is 293 g/mol. The lowest BCUT2D eigenvalue weighted by Gasteiger charge is -2.25. The normalized spacial score (nSPS) is 24.2.